The number of ether oxygens (including phenoxy) is 1. The van der Waals surface area contributed by atoms with Crippen LogP contribution >= 0.6 is 0 Å². The standard InChI is InChI=1S/C26H29F3N4O5/c1-4-37-24(35)21-19(15-32-11-12-33(16(2)14-32)23(34)20-6-5-13-38-20)31(3)25(36)30-22(21)17-7-9-18(10-8-17)26(27,28)29/h5-10,13,16,22H,4,11-12,14-15H2,1-3H3,(H,30,36)/t16-,22-/m0/s1. The highest BCUT2D eigenvalue weighted by atomic mass is 19.4. The highest BCUT2D eigenvalue weighted by Gasteiger charge is 2.39. The summed E-state index contributed by atoms with van der Waals surface area (Å²) in [5, 5.41) is 2.71. The Balaban J connectivity index is 1.62. The van der Waals surface area contributed by atoms with E-state index >= 15 is 0 Å². The lowest BCUT2D eigenvalue weighted by molar-refractivity contribution is -0.139. The third-order valence-corrected chi connectivity index (χ3v) is 6.72. The molecule has 3 heterocycles. The van der Waals surface area contributed by atoms with Crippen LogP contribution in [0.2, 0.25) is 0 Å². The number of hydrogen-bond donors (Lipinski definition) is 1. The van der Waals surface area contributed by atoms with Gasteiger partial charge in [0.05, 0.1) is 30.0 Å². The fraction of sp³-hybridized carbons (Fsp3) is 0.423. The van der Waals surface area contributed by atoms with Crippen molar-refractivity contribution in [2.75, 3.05) is 39.8 Å². The number of piperazine rings is 1. The van der Waals surface area contributed by atoms with Crippen molar-refractivity contribution in [3.63, 3.8) is 0 Å². The topological polar surface area (TPSA) is 95.3 Å². The Morgan fingerprint density at radius 1 is 1.16 bits per heavy atom. The number of urea groups is 1. The van der Waals surface area contributed by atoms with Crippen molar-refractivity contribution in [3.05, 3.63) is 70.8 Å². The molecule has 0 radical (unpaired) electrons. The SMILES string of the molecule is CCOC(=O)C1=C(CN2CCN(C(=O)c3ccco3)[C@@H](C)C2)N(C)C(=O)N[C@H]1c1ccc(C(F)(F)F)cc1. The lowest BCUT2D eigenvalue weighted by atomic mass is 9.93. The molecule has 1 aromatic carbocycles. The Morgan fingerprint density at radius 3 is 2.45 bits per heavy atom. The minimum absolute atomic E-state index is 0.0810. The number of esters is 1. The van der Waals surface area contributed by atoms with Crippen molar-refractivity contribution in [1.82, 2.24) is 20.0 Å². The van der Waals surface area contributed by atoms with Gasteiger partial charge in [-0.1, -0.05) is 12.1 Å². The summed E-state index contributed by atoms with van der Waals surface area (Å²) in [7, 11) is 1.52. The third-order valence-electron chi connectivity index (χ3n) is 6.72. The van der Waals surface area contributed by atoms with E-state index in [0.29, 0.717) is 30.9 Å². The van der Waals surface area contributed by atoms with Gasteiger partial charge in [-0.15, -0.1) is 0 Å². The molecule has 0 saturated carbocycles. The minimum atomic E-state index is -4.52. The molecule has 0 spiro atoms. The highest BCUT2D eigenvalue weighted by Crippen LogP contribution is 2.34. The highest BCUT2D eigenvalue weighted by molar-refractivity contribution is 5.95. The van der Waals surface area contributed by atoms with Gasteiger partial charge >= 0.3 is 18.2 Å². The van der Waals surface area contributed by atoms with E-state index in [2.05, 4.69) is 5.32 Å². The first kappa shape index (κ1) is 27.2. The zero-order chi connectivity index (χ0) is 27.6. The molecule has 0 bridgehead atoms. The van der Waals surface area contributed by atoms with Gasteiger partial charge in [-0.25, -0.2) is 9.59 Å². The van der Waals surface area contributed by atoms with Crippen LogP contribution in [0.5, 0.6) is 0 Å². The summed E-state index contributed by atoms with van der Waals surface area (Å²) in [6.07, 6.45) is -3.08. The van der Waals surface area contributed by atoms with Crippen LogP contribution in [0.25, 0.3) is 0 Å². The summed E-state index contributed by atoms with van der Waals surface area (Å²) < 4.78 is 49.8. The Kier molecular flexibility index (Phi) is 7.81. The zero-order valence-corrected chi connectivity index (χ0v) is 21.2. The second kappa shape index (κ2) is 10.9. The monoisotopic (exact) mass is 534 g/mol. The fourth-order valence-corrected chi connectivity index (χ4v) is 4.74. The van der Waals surface area contributed by atoms with E-state index in [1.54, 1.807) is 24.0 Å². The van der Waals surface area contributed by atoms with E-state index in [-0.39, 0.29) is 36.4 Å². The molecule has 2 aliphatic heterocycles. The maximum Gasteiger partial charge on any atom is 0.416 e. The second-order valence-corrected chi connectivity index (χ2v) is 9.20. The third kappa shape index (κ3) is 5.54. The van der Waals surface area contributed by atoms with Gasteiger partial charge in [-0.2, -0.15) is 13.2 Å². The van der Waals surface area contributed by atoms with Crippen molar-refractivity contribution in [3.8, 4) is 0 Å². The Bertz CT molecular complexity index is 1210. The molecule has 1 fully saturated rings. The summed E-state index contributed by atoms with van der Waals surface area (Å²) in [4.78, 5) is 43.8. The molecule has 2 aliphatic rings. The van der Waals surface area contributed by atoms with Gasteiger partial charge in [0, 0.05) is 45.0 Å². The maximum absolute atomic E-state index is 13.1. The van der Waals surface area contributed by atoms with Crippen LogP contribution < -0.4 is 5.32 Å². The van der Waals surface area contributed by atoms with Crippen LogP contribution in [0.1, 0.15) is 41.6 Å². The second-order valence-electron chi connectivity index (χ2n) is 9.20. The van der Waals surface area contributed by atoms with Crippen LogP contribution in [0.4, 0.5) is 18.0 Å². The van der Waals surface area contributed by atoms with Gasteiger partial charge < -0.3 is 19.4 Å². The van der Waals surface area contributed by atoms with Crippen LogP contribution in [-0.4, -0.2) is 78.5 Å². The lowest BCUT2D eigenvalue weighted by Crippen LogP contribution is -2.56. The summed E-state index contributed by atoms with van der Waals surface area (Å²) in [6, 6.07) is 5.91. The number of likely N-dealkylation sites (N-methyl/N-ethyl adjacent to an activating group) is 1. The molecule has 2 atom stereocenters. The number of benzene rings is 1. The van der Waals surface area contributed by atoms with Crippen molar-refractivity contribution >= 4 is 17.9 Å². The molecule has 0 aliphatic carbocycles. The molecule has 1 aromatic heterocycles. The number of nitrogens with one attached hydrogen (secondary N) is 1. The molecule has 12 heteroatoms. The van der Waals surface area contributed by atoms with E-state index in [4.69, 9.17) is 9.15 Å². The summed E-state index contributed by atoms with van der Waals surface area (Å²) in [5.74, 6) is -0.635. The molecular weight excluding hydrogens is 505 g/mol. The number of halogens is 3. The van der Waals surface area contributed by atoms with Crippen LogP contribution in [0.3, 0.4) is 0 Å². The number of rotatable bonds is 6. The van der Waals surface area contributed by atoms with Gasteiger partial charge in [0.15, 0.2) is 5.76 Å². The Hall–Kier alpha value is -3.80. The quantitative estimate of drug-likeness (QED) is 0.569. The van der Waals surface area contributed by atoms with Gasteiger partial charge in [0.25, 0.3) is 5.91 Å². The van der Waals surface area contributed by atoms with E-state index in [0.717, 1.165) is 12.1 Å². The van der Waals surface area contributed by atoms with Gasteiger partial charge in [0.2, 0.25) is 0 Å². The van der Waals surface area contributed by atoms with Crippen molar-refractivity contribution in [2.24, 2.45) is 0 Å². The normalized spacial score (nSPS) is 20.9. The molecule has 4 rings (SSSR count). The summed E-state index contributed by atoms with van der Waals surface area (Å²) in [5.41, 5.74) is 0.0196. The number of furan rings is 1. The molecule has 2 aromatic rings. The minimum Gasteiger partial charge on any atom is -0.463 e. The lowest BCUT2D eigenvalue weighted by Gasteiger charge is -2.42. The van der Waals surface area contributed by atoms with Crippen molar-refractivity contribution in [2.45, 2.75) is 32.1 Å². The summed E-state index contributed by atoms with van der Waals surface area (Å²) in [6.45, 7) is 5.16. The van der Waals surface area contributed by atoms with Crippen molar-refractivity contribution in [1.29, 1.82) is 0 Å². The van der Waals surface area contributed by atoms with Crippen molar-refractivity contribution < 1.29 is 36.7 Å². The predicted octanol–water partition coefficient (Wildman–Crippen LogP) is 3.66. The number of alkyl halides is 3. The molecule has 3 amide bonds. The van der Waals surface area contributed by atoms with Gasteiger partial charge in [0.1, 0.15) is 0 Å². The first-order valence-electron chi connectivity index (χ1n) is 12.2. The molecule has 38 heavy (non-hydrogen) atoms. The molecule has 204 valence electrons. The number of carbonyl (C=O) groups excluding carboxylic acids is 3. The number of hydrogen-bond acceptors (Lipinski definition) is 6. The molecule has 1 saturated heterocycles. The van der Waals surface area contributed by atoms with Gasteiger partial charge in [-0.05, 0) is 43.7 Å². The largest absolute Gasteiger partial charge is 0.463 e. The first-order valence-corrected chi connectivity index (χ1v) is 12.2. The van der Waals surface area contributed by atoms with E-state index in [1.807, 2.05) is 11.8 Å². The number of carbonyl (C=O) groups is 3. The smallest absolute Gasteiger partial charge is 0.416 e. The zero-order valence-electron chi connectivity index (χ0n) is 21.2. The molecule has 1 N–H and O–H groups in total. The number of amides is 3. The first-order chi connectivity index (χ1) is 18.0. The summed E-state index contributed by atoms with van der Waals surface area (Å²) >= 11 is 0. The Morgan fingerprint density at radius 2 is 1.87 bits per heavy atom. The predicted molar refractivity (Wildman–Crippen MR) is 130 cm³/mol. The van der Waals surface area contributed by atoms with Gasteiger partial charge in [-0.3, -0.25) is 14.6 Å². The van der Waals surface area contributed by atoms with E-state index in [1.165, 1.54) is 30.3 Å². The Labute approximate surface area is 217 Å². The van der Waals surface area contributed by atoms with E-state index in [9.17, 15) is 27.6 Å². The molecular formula is C26H29F3N4O5. The van der Waals surface area contributed by atoms with Crippen LogP contribution in [0, 0.1) is 0 Å². The molecule has 0 unspecified atom stereocenters. The van der Waals surface area contributed by atoms with Crippen LogP contribution in [0.15, 0.2) is 58.3 Å². The number of nitrogens with zero attached hydrogens (tertiary/aromatic N) is 3. The average molecular weight is 535 g/mol. The fourth-order valence-electron chi connectivity index (χ4n) is 4.74. The van der Waals surface area contributed by atoms with E-state index < -0.39 is 29.8 Å². The maximum atomic E-state index is 13.1. The van der Waals surface area contributed by atoms with Crippen LogP contribution in [-0.2, 0) is 15.7 Å². The molecule has 9 nitrogen and oxygen atoms in total. The average Bonchev–Trinajstić information content (AvgIpc) is 3.41.